The molecular weight excluding hydrogens is 238 g/mol. The molecule has 1 aromatic rings. The normalized spacial score (nSPS) is 14.3. The van der Waals surface area contributed by atoms with Crippen LogP contribution in [0.3, 0.4) is 0 Å². The summed E-state index contributed by atoms with van der Waals surface area (Å²) in [5.41, 5.74) is 7.44. The second kappa shape index (κ2) is 5.93. The molecular formula is C12H17NO3S. The van der Waals surface area contributed by atoms with Crippen molar-refractivity contribution in [3.05, 3.63) is 29.3 Å². The van der Waals surface area contributed by atoms with Gasteiger partial charge in [0.1, 0.15) is 5.25 Å². The quantitative estimate of drug-likeness (QED) is 0.828. The molecule has 0 aliphatic carbocycles. The lowest BCUT2D eigenvalue weighted by Gasteiger charge is -2.12. The fourth-order valence-electron chi connectivity index (χ4n) is 1.48. The summed E-state index contributed by atoms with van der Waals surface area (Å²) in [4.78, 5) is 11.6. The maximum Gasteiger partial charge on any atom is 0.319 e. The van der Waals surface area contributed by atoms with E-state index in [4.69, 9.17) is 10.8 Å². The minimum atomic E-state index is -1.55. The Morgan fingerprint density at radius 1 is 1.41 bits per heavy atom. The minimum Gasteiger partial charge on any atom is -0.480 e. The third-order valence-electron chi connectivity index (χ3n) is 2.67. The van der Waals surface area contributed by atoms with Crippen LogP contribution in [-0.2, 0) is 15.6 Å². The second-order valence-corrected chi connectivity index (χ2v) is 5.58. The Labute approximate surface area is 103 Å². The Hall–Kier alpha value is -1.20. The van der Waals surface area contributed by atoms with Gasteiger partial charge in [0, 0.05) is 4.90 Å². The van der Waals surface area contributed by atoms with Crippen molar-refractivity contribution in [2.45, 2.75) is 30.4 Å². The van der Waals surface area contributed by atoms with Gasteiger partial charge in [0.2, 0.25) is 0 Å². The lowest BCUT2D eigenvalue weighted by atomic mass is 10.1. The van der Waals surface area contributed by atoms with E-state index in [1.807, 2.05) is 19.9 Å². The maximum atomic E-state index is 12.1. The number of benzene rings is 1. The van der Waals surface area contributed by atoms with Crippen LogP contribution in [0.2, 0.25) is 0 Å². The number of hydrogen-bond donors (Lipinski definition) is 2. The molecule has 3 N–H and O–H groups in total. The average molecular weight is 255 g/mol. The van der Waals surface area contributed by atoms with Crippen molar-refractivity contribution in [1.29, 1.82) is 0 Å². The number of carbonyl (C=O) groups is 1. The van der Waals surface area contributed by atoms with Crippen molar-refractivity contribution in [3.63, 3.8) is 0 Å². The van der Waals surface area contributed by atoms with Gasteiger partial charge in [0.25, 0.3) is 0 Å². The molecule has 5 heteroatoms. The topological polar surface area (TPSA) is 80.4 Å². The highest BCUT2D eigenvalue weighted by molar-refractivity contribution is 7.86. The highest BCUT2D eigenvalue weighted by Crippen LogP contribution is 2.17. The maximum absolute atomic E-state index is 12.1. The number of carboxylic acids is 1. The van der Waals surface area contributed by atoms with E-state index in [0.717, 1.165) is 11.1 Å². The molecule has 2 atom stereocenters. The molecule has 1 rings (SSSR count). The third-order valence-corrected chi connectivity index (χ3v) is 4.35. The predicted molar refractivity (Wildman–Crippen MR) is 67.4 cm³/mol. The van der Waals surface area contributed by atoms with Gasteiger partial charge in [-0.2, -0.15) is 0 Å². The van der Waals surface area contributed by atoms with Crippen LogP contribution in [0.1, 0.15) is 17.5 Å². The molecule has 94 valence electrons. The van der Waals surface area contributed by atoms with Crippen molar-refractivity contribution >= 4 is 16.8 Å². The summed E-state index contributed by atoms with van der Waals surface area (Å²) in [6.07, 6.45) is 0.217. The van der Waals surface area contributed by atoms with Gasteiger partial charge < -0.3 is 10.8 Å². The number of rotatable bonds is 5. The summed E-state index contributed by atoms with van der Waals surface area (Å²) in [6, 6.07) is 5.34. The molecule has 0 aliphatic heterocycles. The van der Waals surface area contributed by atoms with Crippen LogP contribution in [0.15, 0.2) is 23.1 Å². The average Bonchev–Trinajstić information content (AvgIpc) is 2.28. The summed E-state index contributed by atoms with van der Waals surface area (Å²) in [5, 5.41) is 8.08. The second-order valence-electron chi connectivity index (χ2n) is 3.95. The smallest absolute Gasteiger partial charge is 0.319 e. The van der Waals surface area contributed by atoms with E-state index in [0.29, 0.717) is 4.90 Å². The van der Waals surface area contributed by atoms with Gasteiger partial charge in [0.15, 0.2) is 0 Å². The van der Waals surface area contributed by atoms with Gasteiger partial charge in [-0.15, -0.1) is 0 Å². The Bertz CT molecular complexity index is 445. The highest BCUT2D eigenvalue weighted by atomic mass is 32.2. The van der Waals surface area contributed by atoms with E-state index >= 15 is 0 Å². The summed E-state index contributed by atoms with van der Waals surface area (Å²) in [5.74, 6) is -1.06. The van der Waals surface area contributed by atoms with E-state index in [1.54, 1.807) is 12.1 Å². The zero-order valence-corrected chi connectivity index (χ0v) is 10.8. The van der Waals surface area contributed by atoms with Gasteiger partial charge in [-0.05, 0) is 50.1 Å². The minimum absolute atomic E-state index is 0.216. The summed E-state index contributed by atoms with van der Waals surface area (Å²) >= 11 is 0. The van der Waals surface area contributed by atoms with E-state index in [9.17, 15) is 9.00 Å². The summed E-state index contributed by atoms with van der Waals surface area (Å²) in [7, 11) is -1.55. The van der Waals surface area contributed by atoms with E-state index < -0.39 is 22.0 Å². The molecule has 0 aromatic heterocycles. The van der Waals surface area contributed by atoms with Gasteiger partial charge in [-0.25, -0.2) is 0 Å². The first kappa shape index (κ1) is 13.9. The zero-order chi connectivity index (χ0) is 13.0. The zero-order valence-electron chi connectivity index (χ0n) is 9.97. The molecule has 0 radical (unpaired) electrons. The third kappa shape index (κ3) is 3.38. The van der Waals surface area contributed by atoms with Gasteiger partial charge in [-0.1, -0.05) is 6.07 Å². The summed E-state index contributed by atoms with van der Waals surface area (Å²) < 4.78 is 12.1. The van der Waals surface area contributed by atoms with Crippen LogP contribution in [-0.4, -0.2) is 27.1 Å². The number of hydrogen-bond acceptors (Lipinski definition) is 3. The molecule has 0 aliphatic rings. The van der Waals surface area contributed by atoms with Crippen LogP contribution in [0.25, 0.3) is 0 Å². The van der Waals surface area contributed by atoms with E-state index in [2.05, 4.69) is 0 Å². The Morgan fingerprint density at radius 2 is 2.06 bits per heavy atom. The van der Waals surface area contributed by atoms with Crippen molar-refractivity contribution in [2.75, 3.05) is 6.54 Å². The lowest BCUT2D eigenvalue weighted by molar-refractivity contribution is -0.136. The molecule has 0 saturated heterocycles. The van der Waals surface area contributed by atoms with Crippen LogP contribution in [0.4, 0.5) is 0 Å². The molecule has 4 nitrogen and oxygen atoms in total. The SMILES string of the molecule is Cc1ccc(S(=O)C(CCN)C(=O)O)cc1C. The van der Waals surface area contributed by atoms with Gasteiger partial charge >= 0.3 is 5.97 Å². The molecule has 0 amide bonds. The number of aryl methyl sites for hydroxylation is 2. The largest absolute Gasteiger partial charge is 0.480 e. The molecule has 0 bridgehead atoms. The van der Waals surface area contributed by atoms with Gasteiger partial charge in [0.05, 0.1) is 10.8 Å². The first-order valence-corrected chi connectivity index (χ1v) is 6.59. The Kier molecular flexibility index (Phi) is 4.84. The van der Waals surface area contributed by atoms with Crippen LogP contribution < -0.4 is 5.73 Å². The predicted octanol–water partition coefficient (Wildman–Crippen LogP) is 1.21. The van der Waals surface area contributed by atoms with Crippen molar-refractivity contribution in [2.24, 2.45) is 5.73 Å². The lowest BCUT2D eigenvalue weighted by Crippen LogP contribution is -2.28. The van der Waals surface area contributed by atoms with Crippen molar-refractivity contribution < 1.29 is 14.1 Å². The van der Waals surface area contributed by atoms with Crippen molar-refractivity contribution in [1.82, 2.24) is 0 Å². The van der Waals surface area contributed by atoms with Crippen molar-refractivity contribution in [3.8, 4) is 0 Å². The Balaban J connectivity index is 3.01. The molecule has 2 unspecified atom stereocenters. The van der Waals surface area contributed by atoms with E-state index in [1.165, 1.54) is 0 Å². The summed E-state index contributed by atoms with van der Waals surface area (Å²) in [6.45, 7) is 4.08. The van der Waals surface area contributed by atoms with Gasteiger partial charge in [-0.3, -0.25) is 9.00 Å². The highest BCUT2D eigenvalue weighted by Gasteiger charge is 2.25. The standard InChI is InChI=1S/C12H17NO3S/c1-8-3-4-10(7-9(8)2)17(16)11(5-6-13)12(14)15/h3-4,7,11H,5-6,13H2,1-2H3,(H,14,15). The first-order chi connectivity index (χ1) is 7.97. The Morgan fingerprint density at radius 3 is 2.53 bits per heavy atom. The van der Waals surface area contributed by atoms with E-state index in [-0.39, 0.29) is 13.0 Å². The number of nitrogens with two attached hydrogens (primary N) is 1. The molecule has 0 spiro atoms. The van der Waals surface area contributed by atoms with Crippen LogP contribution >= 0.6 is 0 Å². The molecule has 0 fully saturated rings. The monoisotopic (exact) mass is 255 g/mol. The number of carboxylic acid groups (broad SMARTS) is 1. The van der Waals surface area contributed by atoms with Crippen LogP contribution in [0, 0.1) is 13.8 Å². The number of aliphatic carboxylic acids is 1. The molecule has 1 aromatic carbocycles. The fraction of sp³-hybridized carbons (Fsp3) is 0.417. The molecule has 17 heavy (non-hydrogen) atoms. The first-order valence-electron chi connectivity index (χ1n) is 5.38. The molecule has 0 saturated carbocycles. The molecule has 0 heterocycles. The van der Waals surface area contributed by atoms with Crippen LogP contribution in [0.5, 0.6) is 0 Å². The fourth-order valence-corrected chi connectivity index (χ4v) is 2.83.